The van der Waals surface area contributed by atoms with Crippen LogP contribution in [-0.2, 0) is 16.1 Å². The van der Waals surface area contributed by atoms with Crippen LogP contribution in [0.5, 0.6) is 5.75 Å². The third-order valence-electron chi connectivity index (χ3n) is 5.33. The Kier molecular flexibility index (Phi) is 7.60. The van der Waals surface area contributed by atoms with Crippen LogP contribution in [0.4, 0.5) is 5.00 Å². The first-order valence-corrected chi connectivity index (χ1v) is 12.2. The molecule has 0 fully saturated rings. The number of amides is 3. The summed E-state index contributed by atoms with van der Waals surface area (Å²) in [6, 6.07) is 15.4. The molecular weight excluding hydrogens is 480 g/mol. The number of nitrogens with one attached hydrogen (secondary N) is 1. The molecule has 0 bridgehead atoms. The second-order valence-corrected chi connectivity index (χ2v) is 8.88. The van der Waals surface area contributed by atoms with Crippen LogP contribution in [-0.4, -0.2) is 41.8 Å². The van der Waals surface area contributed by atoms with Crippen LogP contribution in [0.3, 0.4) is 0 Å². The second-order valence-electron chi connectivity index (χ2n) is 7.74. The molecule has 2 heterocycles. The minimum atomic E-state index is -0.604. The highest BCUT2D eigenvalue weighted by Gasteiger charge is 2.35. The number of fused-ring (bicyclic) bond motifs is 1. The largest absolute Gasteiger partial charge is 0.494 e. The van der Waals surface area contributed by atoms with Crippen molar-refractivity contribution in [3.05, 3.63) is 87.8 Å². The Hall–Kier alpha value is -4.24. The number of thiophene rings is 1. The van der Waals surface area contributed by atoms with Gasteiger partial charge in [0.25, 0.3) is 11.8 Å². The summed E-state index contributed by atoms with van der Waals surface area (Å²) in [6.07, 6.45) is 3.00. The lowest BCUT2D eigenvalue weighted by Crippen LogP contribution is -2.28. The SMILES string of the molecule is CCOC(=O)c1cc(CN2C(=O)c3ccccc3C2=O)sc1NC(=O)/C=C/c1ccc(OCC)cc1. The Labute approximate surface area is 212 Å². The number of rotatable bonds is 9. The van der Waals surface area contributed by atoms with Crippen molar-refractivity contribution in [2.24, 2.45) is 0 Å². The van der Waals surface area contributed by atoms with Crippen LogP contribution in [0.2, 0.25) is 0 Å². The molecule has 0 atom stereocenters. The van der Waals surface area contributed by atoms with E-state index in [1.54, 1.807) is 37.3 Å². The lowest BCUT2D eigenvalue weighted by molar-refractivity contribution is -0.111. The van der Waals surface area contributed by atoms with E-state index < -0.39 is 23.7 Å². The van der Waals surface area contributed by atoms with Gasteiger partial charge < -0.3 is 14.8 Å². The standard InChI is InChI=1S/C27H24N2O6S/c1-3-34-18-12-9-17(10-13-18)11-14-23(30)28-24-22(27(33)35-4-2)15-19(36-24)16-29-25(31)20-7-5-6-8-21(20)26(29)32/h5-15H,3-4,16H2,1-2H3,(H,28,30)/b14-11+. The molecule has 1 aliphatic rings. The third-order valence-corrected chi connectivity index (χ3v) is 6.36. The molecule has 184 valence electrons. The molecule has 3 aromatic rings. The van der Waals surface area contributed by atoms with E-state index >= 15 is 0 Å². The molecule has 1 N–H and O–H groups in total. The van der Waals surface area contributed by atoms with E-state index in [9.17, 15) is 19.2 Å². The maximum absolute atomic E-state index is 12.7. The molecule has 1 aromatic heterocycles. The molecule has 0 spiro atoms. The predicted molar refractivity (Wildman–Crippen MR) is 136 cm³/mol. The van der Waals surface area contributed by atoms with Crippen molar-refractivity contribution in [3.8, 4) is 5.75 Å². The number of carbonyl (C=O) groups is 4. The lowest BCUT2D eigenvalue weighted by Gasteiger charge is -2.12. The fraction of sp³-hybridized carbons (Fsp3) is 0.185. The second kappa shape index (κ2) is 11.0. The van der Waals surface area contributed by atoms with Crippen molar-refractivity contribution >= 4 is 46.1 Å². The zero-order valence-corrected chi connectivity index (χ0v) is 20.6. The lowest BCUT2D eigenvalue weighted by atomic mass is 10.1. The summed E-state index contributed by atoms with van der Waals surface area (Å²) < 4.78 is 10.5. The van der Waals surface area contributed by atoms with Gasteiger partial charge in [-0.25, -0.2) is 4.79 Å². The van der Waals surface area contributed by atoms with E-state index in [0.717, 1.165) is 27.5 Å². The number of anilines is 1. The Morgan fingerprint density at radius 2 is 1.64 bits per heavy atom. The summed E-state index contributed by atoms with van der Waals surface area (Å²) in [5, 5.41) is 2.99. The summed E-state index contributed by atoms with van der Waals surface area (Å²) in [6.45, 7) is 4.28. The summed E-state index contributed by atoms with van der Waals surface area (Å²) in [5.41, 5.74) is 1.66. The van der Waals surface area contributed by atoms with E-state index in [1.165, 1.54) is 12.1 Å². The molecule has 4 rings (SSSR count). The number of nitrogens with zero attached hydrogens (tertiary/aromatic N) is 1. The average Bonchev–Trinajstić information content (AvgIpc) is 3.38. The first-order chi connectivity index (χ1) is 17.4. The highest BCUT2D eigenvalue weighted by molar-refractivity contribution is 7.16. The molecule has 1 aliphatic heterocycles. The number of ether oxygens (including phenoxy) is 2. The number of imide groups is 1. The summed E-state index contributed by atoms with van der Waals surface area (Å²) in [5.74, 6) is -1.10. The average molecular weight is 505 g/mol. The minimum Gasteiger partial charge on any atom is -0.494 e. The first-order valence-electron chi connectivity index (χ1n) is 11.4. The molecule has 8 nitrogen and oxygen atoms in total. The first kappa shape index (κ1) is 24.9. The Morgan fingerprint density at radius 3 is 2.25 bits per heavy atom. The summed E-state index contributed by atoms with van der Waals surface area (Å²) in [4.78, 5) is 52.3. The Morgan fingerprint density at radius 1 is 0.972 bits per heavy atom. The van der Waals surface area contributed by atoms with Crippen molar-refractivity contribution < 1.29 is 28.7 Å². The molecule has 9 heteroatoms. The van der Waals surface area contributed by atoms with Gasteiger partial charge in [0.05, 0.1) is 36.4 Å². The molecular formula is C27H24N2O6S. The molecule has 0 saturated heterocycles. The topological polar surface area (TPSA) is 102 Å². The van der Waals surface area contributed by atoms with Gasteiger partial charge in [0.15, 0.2) is 0 Å². The van der Waals surface area contributed by atoms with Crippen molar-refractivity contribution in [3.63, 3.8) is 0 Å². The Bertz CT molecular complexity index is 1310. The molecule has 0 saturated carbocycles. The molecule has 36 heavy (non-hydrogen) atoms. The molecule has 3 amide bonds. The number of benzene rings is 2. The van der Waals surface area contributed by atoms with Crippen LogP contribution in [0, 0.1) is 0 Å². The van der Waals surface area contributed by atoms with Gasteiger partial charge in [-0.3, -0.25) is 19.3 Å². The van der Waals surface area contributed by atoms with Gasteiger partial charge in [0.2, 0.25) is 5.91 Å². The number of esters is 1. The van der Waals surface area contributed by atoms with Gasteiger partial charge in [0.1, 0.15) is 10.8 Å². The summed E-state index contributed by atoms with van der Waals surface area (Å²) >= 11 is 1.11. The molecule has 0 unspecified atom stereocenters. The van der Waals surface area contributed by atoms with Crippen LogP contribution in [0.1, 0.15) is 55.4 Å². The van der Waals surface area contributed by atoms with Crippen LogP contribution >= 0.6 is 11.3 Å². The van der Waals surface area contributed by atoms with Crippen molar-refractivity contribution in [2.45, 2.75) is 20.4 Å². The highest BCUT2D eigenvalue weighted by atomic mass is 32.1. The van der Waals surface area contributed by atoms with Crippen LogP contribution < -0.4 is 10.1 Å². The molecule has 2 aromatic carbocycles. The number of hydrogen-bond acceptors (Lipinski definition) is 7. The molecule has 0 radical (unpaired) electrons. The van der Waals surface area contributed by atoms with Gasteiger partial charge in [-0.15, -0.1) is 11.3 Å². The quantitative estimate of drug-likeness (QED) is 0.256. The predicted octanol–water partition coefficient (Wildman–Crippen LogP) is 4.77. The van der Waals surface area contributed by atoms with Crippen LogP contribution in [0.25, 0.3) is 6.08 Å². The zero-order chi connectivity index (χ0) is 25.7. The van der Waals surface area contributed by atoms with E-state index in [0.29, 0.717) is 22.6 Å². The minimum absolute atomic E-state index is 0.0265. The van der Waals surface area contributed by atoms with Gasteiger partial charge >= 0.3 is 5.97 Å². The van der Waals surface area contributed by atoms with E-state index in [1.807, 2.05) is 31.2 Å². The van der Waals surface area contributed by atoms with Crippen molar-refractivity contribution in [1.82, 2.24) is 4.90 Å². The molecule has 0 aliphatic carbocycles. The van der Waals surface area contributed by atoms with Gasteiger partial charge in [-0.2, -0.15) is 0 Å². The highest BCUT2D eigenvalue weighted by Crippen LogP contribution is 2.32. The van der Waals surface area contributed by atoms with E-state index in [-0.39, 0.29) is 23.7 Å². The maximum Gasteiger partial charge on any atom is 0.341 e. The third kappa shape index (κ3) is 5.36. The van der Waals surface area contributed by atoms with Crippen LogP contribution in [0.15, 0.2) is 60.7 Å². The van der Waals surface area contributed by atoms with Gasteiger partial charge in [0, 0.05) is 11.0 Å². The normalized spacial score (nSPS) is 12.7. The fourth-order valence-corrected chi connectivity index (χ4v) is 4.72. The zero-order valence-electron chi connectivity index (χ0n) is 19.8. The van der Waals surface area contributed by atoms with Gasteiger partial charge in [-0.05, 0) is 55.8 Å². The van der Waals surface area contributed by atoms with Crippen molar-refractivity contribution in [2.75, 3.05) is 18.5 Å². The van der Waals surface area contributed by atoms with E-state index in [4.69, 9.17) is 9.47 Å². The number of carbonyl (C=O) groups excluding carboxylic acids is 4. The summed E-state index contributed by atoms with van der Waals surface area (Å²) in [7, 11) is 0. The Balaban J connectivity index is 1.51. The fourth-order valence-electron chi connectivity index (χ4n) is 3.68. The monoisotopic (exact) mass is 504 g/mol. The van der Waals surface area contributed by atoms with Gasteiger partial charge in [-0.1, -0.05) is 24.3 Å². The van der Waals surface area contributed by atoms with Crippen molar-refractivity contribution in [1.29, 1.82) is 0 Å². The smallest absolute Gasteiger partial charge is 0.341 e. The van der Waals surface area contributed by atoms with E-state index in [2.05, 4.69) is 5.32 Å². The maximum atomic E-state index is 12.7. The number of hydrogen-bond donors (Lipinski definition) is 1.